The Balaban J connectivity index is 2.21. The Kier molecular flexibility index (Phi) is 3.82. The number of rotatable bonds is 4. The van der Waals surface area contributed by atoms with Gasteiger partial charge in [0.25, 0.3) is 0 Å². The first-order valence-electron chi connectivity index (χ1n) is 5.42. The van der Waals surface area contributed by atoms with Gasteiger partial charge in [-0.05, 0) is 18.6 Å². The maximum absolute atomic E-state index is 8.90. The van der Waals surface area contributed by atoms with Crippen molar-refractivity contribution < 1.29 is 14.6 Å². The maximum Gasteiger partial charge on any atom is 0.195 e. The molecule has 1 aliphatic heterocycles. The molecular formula is C12H15ClO3. The number of hydrogen-bond acceptors (Lipinski definition) is 3. The SMILES string of the molecule is OCCCC1(c2ccc(Cl)cc2)OCCO1. The lowest BCUT2D eigenvalue weighted by Crippen LogP contribution is -2.27. The highest BCUT2D eigenvalue weighted by atomic mass is 35.5. The average molecular weight is 243 g/mol. The van der Waals surface area contributed by atoms with E-state index in [9.17, 15) is 0 Å². The Hall–Kier alpha value is -0.610. The van der Waals surface area contributed by atoms with Gasteiger partial charge in [0.2, 0.25) is 0 Å². The van der Waals surface area contributed by atoms with E-state index in [1.165, 1.54) is 0 Å². The number of hydrogen-bond donors (Lipinski definition) is 1. The molecule has 1 aromatic rings. The highest BCUT2D eigenvalue weighted by molar-refractivity contribution is 6.30. The van der Waals surface area contributed by atoms with Crippen molar-refractivity contribution in [2.75, 3.05) is 19.8 Å². The minimum Gasteiger partial charge on any atom is -0.396 e. The van der Waals surface area contributed by atoms with Crippen molar-refractivity contribution >= 4 is 11.6 Å². The van der Waals surface area contributed by atoms with Gasteiger partial charge < -0.3 is 14.6 Å². The smallest absolute Gasteiger partial charge is 0.195 e. The van der Waals surface area contributed by atoms with Gasteiger partial charge in [-0.2, -0.15) is 0 Å². The summed E-state index contributed by atoms with van der Waals surface area (Å²) in [5.74, 6) is -0.687. The zero-order chi connectivity index (χ0) is 11.4. The molecule has 88 valence electrons. The lowest BCUT2D eigenvalue weighted by Gasteiger charge is -2.27. The molecule has 1 fully saturated rings. The van der Waals surface area contributed by atoms with Gasteiger partial charge in [0.05, 0.1) is 13.2 Å². The first-order chi connectivity index (χ1) is 7.77. The van der Waals surface area contributed by atoms with Crippen LogP contribution in [0.15, 0.2) is 24.3 Å². The van der Waals surface area contributed by atoms with Gasteiger partial charge in [0, 0.05) is 23.6 Å². The fourth-order valence-electron chi connectivity index (χ4n) is 1.93. The third kappa shape index (κ3) is 2.38. The van der Waals surface area contributed by atoms with Crippen molar-refractivity contribution in [2.45, 2.75) is 18.6 Å². The first-order valence-corrected chi connectivity index (χ1v) is 5.79. The predicted octanol–water partition coefficient (Wildman–Crippen LogP) is 2.31. The van der Waals surface area contributed by atoms with Crippen LogP contribution in [0, 0.1) is 0 Å². The summed E-state index contributed by atoms with van der Waals surface area (Å²) in [6.07, 6.45) is 1.31. The molecule has 0 amide bonds. The van der Waals surface area contributed by atoms with Crippen LogP contribution in [0.25, 0.3) is 0 Å². The molecule has 0 bridgehead atoms. The summed E-state index contributed by atoms with van der Waals surface area (Å²) in [6, 6.07) is 7.46. The van der Waals surface area contributed by atoms with E-state index in [1.54, 1.807) is 0 Å². The van der Waals surface area contributed by atoms with Gasteiger partial charge in [-0.3, -0.25) is 0 Å². The van der Waals surface area contributed by atoms with Crippen molar-refractivity contribution in [1.82, 2.24) is 0 Å². The third-order valence-corrected chi connectivity index (χ3v) is 2.95. The predicted molar refractivity (Wildman–Crippen MR) is 61.4 cm³/mol. The molecule has 0 atom stereocenters. The Labute approximate surface area is 99.9 Å². The number of halogens is 1. The van der Waals surface area contributed by atoms with Crippen LogP contribution < -0.4 is 0 Å². The van der Waals surface area contributed by atoms with Crippen LogP contribution in [0.1, 0.15) is 18.4 Å². The molecule has 1 aromatic carbocycles. The van der Waals surface area contributed by atoms with Crippen LogP contribution in [0.3, 0.4) is 0 Å². The van der Waals surface area contributed by atoms with Crippen LogP contribution in [0.2, 0.25) is 5.02 Å². The number of ether oxygens (including phenoxy) is 2. The topological polar surface area (TPSA) is 38.7 Å². The molecule has 0 unspecified atom stereocenters. The van der Waals surface area contributed by atoms with Crippen LogP contribution in [-0.4, -0.2) is 24.9 Å². The van der Waals surface area contributed by atoms with Gasteiger partial charge in [-0.15, -0.1) is 0 Å². The van der Waals surface area contributed by atoms with Crippen molar-refractivity contribution in [2.24, 2.45) is 0 Å². The van der Waals surface area contributed by atoms with E-state index >= 15 is 0 Å². The first kappa shape index (κ1) is 11.9. The van der Waals surface area contributed by atoms with Gasteiger partial charge >= 0.3 is 0 Å². The Morgan fingerprint density at radius 2 is 1.81 bits per heavy atom. The van der Waals surface area contributed by atoms with E-state index < -0.39 is 5.79 Å². The van der Waals surface area contributed by atoms with Crippen molar-refractivity contribution in [3.63, 3.8) is 0 Å². The van der Waals surface area contributed by atoms with E-state index in [4.69, 9.17) is 26.2 Å². The molecule has 3 nitrogen and oxygen atoms in total. The maximum atomic E-state index is 8.90. The summed E-state index contributed by atoms with van der Waals surface area (Å²) in [5.41, 5.74) is 0.961. The summed E-state index contributed by atoms with van der Waals surface area (Å²) in [4.78, 5) is 0. The third-order valence-electron chi connectivity index (χ3n) is 2.70. The fourth-order valence-corrected chi connectivity index (χ4v) is 2.05. The summed E-state index contributed by atoms with van der Waals surface area (Å²) < 4.78 is 11.4. The second-order valence-corrected chi connectivity index (χ2v) is 4.22. The van der Waals surface area contributed by atoms with Crippen molar-refractivity contribution in [3.05, 3.63) is 34.9 Å². The van der Waals surface area contributed by atoms with E-state index in [-0.39, 0.29) is 6.61 Å². The van der Waals surface area contributed by atoms with Crippen LogP contribution in [0.4, 0.5) is 0 Å². The van der Waals surface area contributed by atoms with E-state index in [2.05, 4.69) is 0 Å². The van der Waals surface area contributed by atoms with Gasteiger partial charge in [0.1, 0.15) is 0 Å². The molecule has 0 spiro atoms. The van der Waals surface area contributed by atoms with Crippen molar-refractivity contribution in [1.29, 1.82) is 0 Å². The molecule has 4 heteroatoms. The van der Waals surface area contributed by atoms with E-state index in [0.717, 1.165) is 5.56 Å². The quantitative estimate of drug-likeness (QED) is 0.881. The lowest BCUT2D eigenvalue weighted by atomic mass is 10.0. The molecule has 1 aliphatic rings. The summed E-state index contributed by atoms with van der Waals surface area (Å²) in [7, 11) is 0. The molecule has 0 radical (unpaired) electrons. The second kappa shape index (κ2) is 5.15. The summed E-state index contributed by atoms with van der Waals surface area (Å²) in [5, 5.41) is 9.59. The lowest BCUT2D eigenvalue weighted by molar-refractivity contribution is -0.172. The Bertz CT molecular complexity index is 331. The Morgan fingerprint density at radius 1 is 1.19 bits per heavy atom. The highest BCUT2D eigenvalue weighted by Gasteiger charge is 2.37. The normalized spacial score (nSPS) is 18.9. The molecular weight excluding hydrogens is 228 g/mol. The average Bonchev–Trinajstić information content (AvgIpc) is 2.77. The largest absolute Gasteiger partial charge is 0.396 e. The van der Waals surface area contributed by atoms with E-state index in [0.29, 0.717) is 31.1 Å². The summed E-state index contributed by atoms with van der Waals surface area (Å²) >= 11 is 5.85. The molecule has 0 aromatic heterocycles. The number of benzene rings is 1. The molecule has 16 heavy (non-hydrogen) atoms. The van der Waals surface area contributed by atoms with Crippen LogP contribution >= 0.6 is 11.6 Å². The molecule has 1 N–H and O–H groups in total. The Morgan fingerprint density at radius 3 is 2.38 bits per heavy atom. The molecule has 0 saturated carbocycles. The monoisotopic (exact) mass is 242 g/mol. The van der Waals surface area contributed by atoms with Gasteiger partial charge in [-0.1, -0.05) is 23.7 Å². The summed E-state index contributed by atoms with van der Waals surface area (Å²) in [6.45, 7) is 1.32. The standard InChI is InChI=1S/C12H15ClO3/c13-11-4-2-10(3-5-11)12(6-1-7-14)15-8-9-16-12/h2-5,14H,1,6-9H2. The minimum absolute atomic E-state index is 0.141. The van der Waals surface area contributed by atoms with Crippen LogP contribution in [0.5, 0.6) is 0 Å². The zero-order valence-electron chi connectivity index (χ0n) is 8.99. The van der Waals surface area contributed by atoms with Crippen molar-refractivity contribution in [3.8, 4) is 0 Å². The molecule has 0 aliphatic carbocycles. The van der Waals surface area contributed by atoms with Gasteiger partial charge in [0.15, 0.2) is 5.79 Å². The number of aliphatic hydroxyl groups excluding tert-OH is 1. The van der Waals surface area contributed by atoms with E-state index in [1.807, 2.05) is 24.3 Å². The van der Waals surface area contributed by atoms with Crippen LogP contribution in [-0.2, 0) is 15.3 Å². The zero-order valence-corrected chi connectivity index (χ0v) is 9.74. The fraction of sp³-hybridized carbons (Fsp3) is 0.500. The highest BCUT2D eigenvalue weighted by Crippen LogP contribution is 2.36. The minimum atomic E-state index is -0.687. The molecule has 2 rings (SSSR count). The second-order valence-electron chi connectivity index (χ2n) is 3.78. The number of aliphatic hydroxyl groups is 1. The molecule has 1 heterocycles. The van der Waals surface area contributed by atoms with Gasteiger partial charge in [-0.25, -0.2) is 0 Å². The molecule has 1 saturated heterocycles.